The van der Waals surface area contributed by atoms with Crippen LogP contribution in [0.25, 0.3) is 0 Å². The number of hydrogen-bond donors (Lipinski definition) is 1. The Kier molecular flexibility index (Phi) is 3.58. The smallest absolute Gasteiger partial charge is 0.419 e. The fourth-order valence-electron chi connectivity index (χ4n) is 1.06. The first kappa shape index (κ1) is 13.7. The number of carbonyl (C=O) groups is 1. The van der Waals surface area contributed by atoms with Crippen molar-refractivity contribution in [2.24, 2.45) is 5.14 Å². The van der Waals surface area contributed by atoms with Crippen LogP contribution in [0.2, 0.25) is 0 Å². The van der Waals surface area contributed by atoms with Gasteiger partial charge in [0.1, 0.15) is 17.7 Å². The third-order valence-corrected chi connectivity index (χ3v) is 2.29. The molecule has 0 fully saturated rings. The van der Waals surface area contributed by atoms with Crippen molar-refractivity contribution in [3.63, 3.8) is 0 Å². The molecule has 0 aliphatic rings. The lowest BCUT2D eigenvalue weighted by atomic mass is 10.2. The Morgan fingerprint density at radius 2 is 2.12 bits per heavy atom. The monoisotopic (exact) mass is 261 g/mol. The molecule has 17 heavy (non-hydrogen) atoms. The first-order chi connectivity index (χ1) is 7.57. The quantitative estimate of drug-likeness (QED) is 0.832. The Morgan fingerprint density at radius 3 is 2.59 bits per heavy atom. The van der Waals surface area contributed by atoms with Crippen molar-refractivity contribution in [3.8, 4) is 0 Å². The summed E-state index contributed by atoms with van der Waals surface area (Å²) in [6, 6.07) is 0. The number of aromatic nitrogens is 2. The lowest BCUT2D eigenvalue weighted by molar-refractivity contribution is 0.0536. The molecule has 0 saturated heterocycles. The van der Waals surface area contributed by atoms with Crippen LogP contribution < -0.4 is 5.14 Å². The van der Waals surface area contributed by atoms with Crippen molar-refractivity contribution >= 4 is 16.1 Å². The maximum absolute atomic E-state index is 11.6. The highest BCUT2D eigenvalue weighted by Crippen LogP contribution is 2.09. The highest BCUT2D eigenvalue weighted by atomic mass is 32.2. The van der Waals surface area contributed by atoms with E-state index in [0.29, 0.717) is 0 Å². The minimum absolute atomic E-state index is 0.193. The second kappa shape index (κ2) is 4.46. The van der Waals surface area contributed by atoms with Gasteiger partial charge in [-0.25, -0.2) is 27.9 Å². The van der Waals surface area contributed by atoms with Crippen molar-refractivity contribution in [1.82, 2.24) is 9.55 Å². The summed E-state index contributed by atoms with van der Waals surface area (Å²) in [5.41, 5.74) is -0.431. The molecular weight excluding hydrogens is 246 g/mol. The van der Waals surface area contributed by atoms with Gasteiger partial charge in [-0.2, -0.15) is 0 Å². The zero-order valence-corrected chi connectivity index (χ0v) is 10.7. The lowest BCUT2D eigenvalue weighted by Crippen LogP contribution is -2.26. The molecule has 2 N–H and O–H groups in total. The van der Waals surface area contributed by atoms with Gasteiger partial charge in [-0.05, 0) is 20.8 Å². The van der Waals surface area contributed by atoms with Crippen LogP contribution in [0.4, 0.5) is 4.79 Å². The highest BCUT2D eigenvalue weighted by Gasteiger charge is 2.18. The van der Waals surface area contributed by atoms with Gasteiger partial charge in [0.05, 0.1) is 5.69 Å². The van der Waals surface area contributed by atoms with Crippen LogP contribution in [0, 0.1) is 0 Å². The first-order valence-corrected chi connectivity index (χ1v) is 6.55. The largest absolute Gasteiger partial charge is 0.443 e. The zero-order valence-electron chi connectivity index (χ0n) is 9.87. The van der Waals surface area contributed by atoms with Gasteiger partial charge in [0.15, 0.2) is 0 Å². The molecule has 0 unspecified atom stereocenters. The standard InChI is InChI=1S/C9H15N3O4S/c1-9(2,3)16-8(13)12-4-7(11-6-12)5-17(10,14)15/h4,6H,5H2,1-3H3,(H2,10,14,15). The summed E-state index contributed by atoms with van der Waals surface area (Å²) >= 11 is 0. The summed E-state index contributed by atoms with van der Waals surface area (Å²) in [6.07, 6.45) is 1.85. The van der Waals surface area contributed by atoms with Crippen LogP contribution in [0.15, 0.2) is 12.5 Å². The van der Waals surface area contributed by atoms with Gasteiger partial charge in [0.2, 0.25) is 10.0 Å². The van der Waals surface area contributed by atoms with Crippen LogP contribution in [-0.2, 0) is 20.5 Å². The van der Waals surface area contributed by atoms with Crippen molar-refractivity contribution in [1.29, 1.82) is 0 Å². The normalized spacial score (nSPS) is 12.5. The summed E-state index contributed by atoms with van der Waals surface area (Å²) in [6.45, 7) is 5.19. The van der Waals surface area contributed by atoms with E-state index < -0.39 is 27.5 Å². The van der Waals surface area contributed by atoms with E-state index in [2.05, 4.69) is 4.98 Å². The lowest BCUT2D eigenvalue weighted by Gasteiger charge is -2.19. The molecule has 0 radical (unpaired) electrons. The Bertz CT molecular complexity index is 513. The number of sulfonamides is 1. The topological polar surface area (TPSA) is 104 Å². The number of primary sulfonamides is 1. The maximum Gasteiger partial charge on any atom is 0.419 e. The SMILES string of the molecule is CC(C)(C)OC(=O)n1cnc(CS(N)(=O)=O)c1. The van der Waals surface area contributed by atoms with Crippen LogP contribution in [0.5, 0.6) is 0 Å². The van der Waals surface area contributed by atoms with Gasteiger partial charge >= 0.3 is 6.09 Å². The number of nitrogens with two attached hydrogens (primary N) is 1. The molecule has 0 saturated carbocycles. The Hall–Kier alpha value is -1.41. The molecular formula is C9H15N3O4S. The number of carbonyl (C=O) groups excluding carboxylic acids is 1. The molecule has 1 aromatic rings. The molecule has 0 amide bonds. The Labute approximate surface area is 99.6 Å². The summed E-state index contributed by atoms with van der Waals surface area (Å²) in [4.78, 5) is 15.3. The molecule has 0 atom stereocenters. The predicted molar refractivity (Wildman–Crippen MR) is 60.7 cm³/mol. The number of ether oxygens (including phenoxy) is 1. The zero-order chi connectivity index (χ0) is 13.3. The van der Waals surface area contributed by atoms with Gasteiger partial charge in [-0.1, -0.05) is 0 Å². The van der Waals surface area contributed by atoms with E-state index in [1.165, 1.54) is 12.5 Å². The van der Waals surface area contributed by atoms with E-state index in [9.17, 15) is 13.2 Å². The van der Waals surface area contributed by atoms with Crippen LogP contribution in [-0.4, -0.2) is 29.7 Å². The molecule has 0 bridgehead atoms. The summed E-state index contributed by atoms with van der Waals surface area (Å²) < 4.78 is 27.8. The predicted octanol–water partition coefficient (Wildman–Crippen LogP) is 0.455. The number of hydrogen-bond acceptors (Lipinski definition) is 5. The van der Waals surface area contributed by atoms with Crippen molar-refractivity contribution < 1.29 is 17.9 Å². The minimum Gasteiger partial charge on any atom is -0.443 e. The summed E-state index contributed by atoms with van der Waals surface area (Å²) in [7, 11) is -3.65. The van der Waals surface area contributed by atoms with E-state index in [4.69, 9.17) is 9.88 Å². The van der Waals surface area contributed by atoms with Gasteiger partial charge < -0.3 is 4.74 Å². The number of imidazole rings is 1. The molecule has 7 nitrogen and oxygen atoms in total. The van der Waals surface area contributed by atoms with Gasteiger partial charge in [-0.15, -0.1) is 0 Å². The first-order valence-electron chi connectivity index (χ1n) is 4.83. The number of rotatable bonds is 2. The fraction of sp³-hybridized carbons (Fsp3) is 0.556. The average molecular weight is 261 g/mol. The van der Waals surface area contributed by atoms with E-state index in [0.717, 1.165) is 4.57 Å². The third kappa shape index (κ3) is 4.96. The van der Waals surface area contributed by atoms with E-state index in [-0.39, 0.29) is 5.69 Å². The fourth-order valence-corrected chi connectivity index (χ4v) is 1.62. The van der Waals surface area contributed by atoms with Crippen molar-refractivity contribution in [2.75, 3.05) is 0 Å². The second-order valence-corrected chi connectivity index (χ2v) is 6.17. The molecule has 1 rings (SSSR count). The molecule has 0 aromatic carbocycles. The molecule has 0 spiro atoms. The Morgan fingerprint density at radius 1 is 1.53 bits per heavy atom. The number of nitrogens with zero attached hydrogens (tertiary/aromatic N) is 2. The molecule has 1 aromatic heterocycles. The molecule has 0 aliphatic carbocycles. The second-order valence-electron chi connectivity index (χ2n) is 4.56. The summed E-state index contributed by atoms with van der Waals surface area (Å²) in [5.74, 6) is -0.414. The van der Waals surface area contributed by atoms with E-state index in [1.807, 2.05) is 0 Å². The Balaban J connectivity index is 2.78. The van der Waals surface area contributed by atoms with Gasteiger partial charge in [0, 0.05) is 6.20 Å². The highest BCUT2D eigenvalue weighted by molar-refractivity contribution is 7.88. The summed E-state index contributed by atoms with van der Waals surface area (Å²) in [5, 5.41) is 4.86. The maximum atomic E-state index is 11.6. The van der Waals surface area contributed by atoms with E-state index in [1.54, 1.807) is 20.8 Å². The van der Waals surface area contributed by atoms with Gasteiger partial charge in [-0.3, -0.25) is 0 Å². The molecule has 96 valence electrons. The van der Waals surface area contributed by atoms with Crippen molar-refractivity contribution in [2.45, 2.75) is 32.1 Å². The van der Waals surface area contributed by atoms with E-state index >= 15 is 0 Å². The minimum atomic E-state index is -3.65. The van der Waals surface area contributed by atoms with Crippen LogP contribution in [0.3, 0.4) is 0 Å². The van der Waals surface area contributed by atoms with Gasteiger partial charge in [0.25, 0.3) is 0 Å². The van der Waals surface area contributed by atoms with Crippen molar-refractivity contribution in [3.05, 3.63) is 18.2 Å². The third-order valence-electron chi connectivity index (χ3n) is 1.59. The molecule has 1 heterocycles. The van der Waals surface area contributed by atoms with Crippen LogP contribution >= 0.6 is 0 Å². The van der Waals surface area contributed by atoms with Crippen LogP contribution in [0.1, 0.15) is 26.5 Å². The average Bonchev–Trinajstić information content (AvgIpc) is 2.45. The molecule has 8 heteroatoms. The molecule has 0 aliphatic heterocycles.